The van der Waals surface area contributed by atoms with Crippen molar-refractivity contribution in [2.24, 2.45) is 7.05 Å². The highest BCUT2D eigenvalue weighted by Gasteiger charge is 2.20. The number of hydrogen-bond acceptors (Lipinski definition) is 3. The van der Waals surface area contributed by atoms with E-state index in [4.69, 9.17) is 16.3 Å². The fourth-order valence-corrected chi connectivity index (χ4v) is 1.93. The molecule has 0 aliphatic carbocycles. The van der Waals surface area contributed by atoms with Crippen LogP contribution in [0.4, 0.5) is 4.39 Å². The highest BCUT2D eigenvalue weighted by molar-refractivity contribution is 6.30. The van der Waals surface area contributed by atoms with E-state index in [1.54, 1.807) is 7.05 Å². The number of rotatable bonds is 3. The lowest BCUT2D eigenvalue weighted by Crippen LogP contribution is -2.08. The van der Waals surface area contributed by atoms with Crippen molar-refractivity contribution in [1.82, 2.24) is 9.78 Å². The molecule has 0 amide bonds. The highest BCUT2D eigenvalue weighted by atomic mass is 35.5. The molecule has 6 heteroatoms. The molecule has 1 atom stereocenters. The fraction of sp³-hybridized carbons (Fsp3) is 0.250. The van der Waals surface area contributed by atoms with Crippen molar-refractivity contribution in [2.45, 2.75) is 6.10 Å². The minimum Gasteiger partial charge on any atom is -0.493 e. The molecular weight excluding hydrogens is 259 g/mol. The van der Waals surface area contributed by atoms with Gasteiger partial charge in [-0.2, -0.15) is 5.10 Å². The molecule has 0 saturated heterocycles. The van der Waals surface area contributed by atoms with Crippen molar-refractivity contribution in [3.63, 3.8) is 0 Å². The first kappa shape index (κ1) is 12.9. The summed E-state index contributed by atoms with van der Waals surface area (Å²) in [5, 5.41) is 14.2. The average Bonchev–Trinajstić information content (AvgIpc) is 2.73. The second-order valence-corrected chi connectivity index (χ2v) is 4.21. The Morgan fingerprint density at radius 3 is 2.83 bits per heavy atom. The van der Waals surface area contributed by atoms with Crippen LogP contribution in [0.3, 0.4) is 0 Å². The van der Waals surface area contributed by atoms with Gasteiger partial charge in [-0.25, -0.2) is 4.39 Å². The summed E-state index contributed by atoms with van der Waals surface area (Å²) >= 11 is 5.69. The van der Waals surface area contributed by atoms with E-state index >= 15 is 0 Å². The first-order valence-corrected chi connectivity index (χ1v) is 5.61. The van der Waals surface area contributed by atoms with Gasteiger partial charge >= 0.3 is 0 Å². The van der Waals surface area contributed by atoms with Gasteiger partial charge in [0.1, 0.15) is 17.6 Å². The van der Waals surface area contributed by atoms with Gasteiger partial charge < -0.3 is 9.84 Å². The van der Waals surface area contributed by atoms with E-state index in [0.29, 0.717) is 17.0 Å². The van der Waals surface area contributed by atoms with Crippen LogP contribution in [0.5, 0.6) is 5.75 Å². The van der Waals surface area contributed by atoms with Crippen LogP contribution in [-0.4, -0.2) is 22.0 Å². The number of nitrogens with zero attached hydrogens (tertiary/aromatic N) is 2. The second kappa shape index (κ2) is 4.96. The van der Waals surface area contributed by atoms with Gasteiger partial charge in [-0.15, -0.1) is 0 Å². The first-order valence-electron chi connectivity index (χ1n) is 5.23. The van der Waals surface area contributed by atoms with Gasteiger partial charge in [0.05, 0.1) is 18.3 Å². The maximum atomic E-state index is 13.1. The molecule has 0 saturated carbocycles. The lowest BCUT2D eigenvalue weighted by molar-refractivity contribution is 0.204. The molecule has 1 heterocycles. The number of aryl methyl sites for hydroxylation is 1. The number of aromatic nitrogens is 2. The van der Waals surface area contributed by atoms with Crippen LogP contribution in [0.15, 0.2) is 24.4 Å². The standard InChI is InChI=1S/C12H12ClFN2O2/c1-16-11(10(18-2)6-15-16)12(17)7-3-4-9(14)8(13)5-7/h3-6,12,17H,1-2H3. The van der Waals surface area contributed by atoms with Crippen molar-refractivity contribution >= 4 is 11.6 Å². The molecule has 4 nitrogen and oxygen atoms in total. The van der Waals surface area contributed by atoms with Crippen LogP contribution in [0.25, 0.3) is 0 Å². The minimum atomic E-state index is -0.981. The van der Waals surface area contributed by atoms with Crippen molar-refractivity contribution in [3.05, 3.63) is 46.5 Å². The summed E-state index contributed by atoms with van der Waals surface area (Å²) in [4.78, 5) is 0. The van der Waals surface area contributed by atoms with Crippen LogP contribution in [0, 0.1) is 5.82 Å². The first-order chi connectivity index (χ1) is 8.54. The third-order valence-electron chi connectivity index (χ3n) is 2.69. The zero-order valence-corrected chi connectivity index (χ0v) is 10.6. The number of ether oxygens (including phenoxy) is 1. The van der Waals surface area contributed by atoms with Gasteiger partial charge in [0.25, 0.3) is 0 Å². The summed E-state index contributed by atoms with van der Waals surface area (Å²) in [6.07, 6.45) is 0.523. The summed E-state index contributed by atoms with van der Waals surface area (Å²) in [5.74, 6) is -0.0602. The van der Waals surface area contributed by atoms with Crippen LogP contribution in [0.2, 0.25) is 5.02 Å². The topological polar surface area (TPSA) is 47.3 Å². The summed E-state index contributed by atoms with van der Waals surface area (Å²) in [7, 11) is 3.18. The van der Waals surface area contributed by atoms with E-state index in [0.717, 1.165) is 0 Å². The third kappa shape index (κ3) is 2.19. The molecular formula is C12H12ClFN2O2. The zero-order chi connectivity index (χ0) is 13.3. The molecule has 1 unspecified atom stereocenters. The lowest BCUT2D eigenvalue weighted by atomic mass is 10.1. The molecule has 1 N–H and O–H groups in total. The number of aliphatic hydroxyl groups is 1. The maximum Gasteiger partial charge on any atom is 0.162 e. The summed E-state index contributed by atoms with van der Waals surface area (Å²) < 4.78 is 19.7. The number of methoxy groups -OCH3 is 1. The van der Waals surface area contributed by atoms with Crippen molar-refractivity contribution < 1.29 is 14.2 Å². The molecule has 0 bridgehead atoms. The van der Waals surface area contributed by atoms with E-state index in [1.807, 2.05) is 0 Å². The molecule has 0 spiro atoms. The molecule has 1 aromatic carbocycles. The SMILES string of the molecule is COc1cnn(C)c1C(O)c1ccc(F)c(Cl)c1. The van der Waals surface area contributed by atoms with Crippen LogP contribution in [-0.2, 0) is 7.05 Å². The van der Waals surface area contributed by atoms with E-state index < -0.39 is 11.9 Å². The highest BCUT2D eigenvalue weighted by Crippen LogP contribution is 2.30. The molecule has 1 aromatic heterocycles. The van der Waals surface area contributed by atoms with E-state index in [-0.39, 0.29) is 5.02 Å². The molecule has 0 aliphatic heterocycles. The van der Waals surface area contributed by atoms with Gasteiger partial charge in [-0.1, -0.05) is 17.7 Å². The fourth-order valence-electron chi connectivity index (χ4n) is 1.74. The number of hydrogen-bond donors (Lipinski definition) is 1. The van der Waals surface area contributed by atoms with Crippen LogP contribution in [0.1, 0.15) is 17.4 Å². The van der Waals surface area contributed by atoms with Crippen molar-refractivity contribution in [3.8, 4) is 5.75 Å². The summed E-state index contributed by atoms with van der Waals surface area (Å²) in [5.41, 5.74) is 0.962. The Balaban J connectivity index is 2.44. The van der Waals surface area contributed by atoms with Gasteiger partial charge in [-0.05, 0) is 17.7 Å². The van der Waals surface area contributed by atoms with Crippen LogP contribution < -0.4 is 4.74 Å². The Morgan fingerprint density at radius 2 is 2.22 bits per heavy atom. The van der Waals surface area contributed by atoms with Gasteiger partial charge in [-0.3, -0.25) is 4.68 Å². The molecule has 0 aliphatic rings. The molecule has 18 heavy (non-hydrogen) atoms. The number of halogens is 2. The molecule has 96 valence electrons. The maximum absolute atomic E-state index is 13.1. The number of aliphatic hydroxyl groups excluding tert-OH is 1. The van der Waals surface area contributed by atoms with Gasteiger partial charge in [0.2, 0.25) is 0 Å². The lowest BCUT2D eigenvalue weighted by Gasteiger charge is -2.13. The van der Waals surface area contributed by atoms with Crippen molar-refractivity contribution in [2.75, 3.05) is 7.11 Å². The monoisotopic (exact) mass is 270 g/mol. The normalized spacial score (nSPS) is 12.5. The van der Waals surface area contributed by atoms with Crippen molar-refractivity contribution in [1.29, 1.82) is 0 Å². The van der Waals surface area contributed by atoms with E-state index in [9.17, 15) is 9.50 Å². The Hall–Kier alpha value is -1.59. The second-order valence-electron chi connectivity index (χ2n) is 3.80. The molecule has 2 aromatic rings. The zero-order valence-electron chi connectivity index (χ0n) is 9.89. The Labute approximate surface area is 109 Å². The van der Waals surface area contributed by atoms with Gasteiger partial charge in [0, 0.05) is 7.05 Å². The van der Waals surface area contributed by atoms with E-state index in [2.05, 4.69) is 5.10 Å². The summed E-state index contributed by atoms with van der Waals surface area (Å²) in [6.45, 7) is 0. The third-order valence-corrected chi connectivity index (χ3v) is 2.98. The summed E-state index contributed by atoms with van der Waals surface area (Å²) in [6, 6.07) is 4.07. The Morgan fingerprint density at radius 1 is 1.50 bits per heavy atom. The largest absolute Gasteiger partial charge is 0.493 e. The molecule has 0 radical (unpaired) electrons. The minimum absolute atomic E-state index is 0.0346. The van der Waals surface area contributed by atoms with Crippen LogP contribution >= 0.6 is 11.6 Å². The number of benzene rings is 1. The predicted molar refractivity (Wildman–Crippen MR) is 65.2 cm³/mol. The Kier molecular flexibility index (Phi) is 3.54. The predicted octanol–water partition coefficient (Wildman–Crippen LogP) is 2.30. The van der Waals surface area contributed by atoms with E-state index in [1.165, 1.54) is 36.2 Å². The molecule has 2 rings (SSSR count). The quantitative estimate of drug-likeness (QED) is 0.931. The Bertz CT molecular complexity index is 571. The molecule has 0 fully saturated rings. The smallest absolute Gasteiger partial charge is 0.162 e. The average molecular weight is 271 g/mol. The van der Waals surface area contributed by atoms with Gasteiger partial charge in [0.15, 0.2) is 5.75 Å².